The monoisotopic (exact) mass is 198 g/mol. The SMILES string of the molecule is Cc1cn(CC(C)C(C)C)c(=S)[nH]1. The lowest BCUT2D eigenvalue weighted by Crippen LogP contribution is -2.12. The zero-order valence-electron chi connectivity index (χ0n) is 8.79. The van der Waals surface area contributed by atoms with Crippen LogP contribution in [0.1, 0.15) is 26.5 Å². The average Bonchev–Trinajstić information content (AvgIpc) is 2.30. The van der Waals surface area contributed by atoms with Crippen molar-refractivity contribution in [3.05, 3.63) is 16.7 Å². The maximum absolute atomic E-state index is 5.19. The second-order valence-electron chi connectivity index (χ2n) is 4.12. The molecule has 0 aliphatic carbocycles. The number of nitrogens with zero attached hydrogens (tertiary/aromatic N) is 1. The summed E-state index contributed by atoms with van der Waals surface area (Å²) in [5, 5.41) is 0. The molecule has 1 unspecified atom stereocenters. The minimum atomic E-state index is 0.668. The molecule has 0 saturated carbocycles. The van der Waals surface area contributed by atoms with Gasteiger partial charge in [0.15, 0.2) is 4.77 Å². The minimum Gasteiger partial charge on any atom is -0.335 e. The molecule has 1 heterocycles. The Morgan fingerprint density at radius 3 is 2.46 bits per heavy atom. The van der Waals surface area contributed by atoms with Crippen LogP contribution >= 0.6 is 12.2 Å². The van der Waals surface area contributed by atoms with Crippen LogP contribution in [0.4, 0.5) is 0 Å². The molecule has 0 bridgehead atoms. The van der Waals surface area contributed by atoms with Crippen LogP contribution in [0.5, 0.6) is 0 Å². The molecule has 0 radical (unpaired) electrons. The molecule has 0 fully saturated rings. The van der Waals surface area contributed by atoms with Crippen LogP contribution in [0.25, 0.3) is 0 Å². The highest BCUT2D eigenvalue weighted by Gasteiger charge is 2.08. The van der Waals surface area contributed by atoms with E-state index in [1.54, 1.807) is 0 Å². The molecular weight excluding hydrogens is 180 g/mol. The first-order chi connectivity index (χ1) is 6.00. The van der Waals surface area contributed by atoms with Crippen LogP contribution in [-0.4, -0.2) is 9.55 Å². The highest BCUT2D eigenvalue weighted by molar-refractivity contribution is 7.71. The van der Waals surface area contributed by atoms with Gasteiger partial charge in [0.25, 0.3) is 0 Å². The maximum Gasteiger partial charge on any atom is 0.177 e. The Kier molecular flexibility index (Phi) is 3.31. The Morgan fingerprint density at radius 2 is 2.08 bits per heavy atom. The second kappa shape index (κ2) is 4.09. The molecule has 0 saturated heterocycles. The van der Waals surface area contributed by atoms with E-state index in [4.69, 9.17) is 12.2 Å². The van der Waals surface area contributed by atoms with E-state index in [0.29, 0.717) is 11.8 Å². The highest BCUT2D eigenvalue weighted by atomic mass is 32.1. The lowest BCUT2D eigenvalue weighted by atomic mass is 9.98. The number of imidazole rings is 1. The third-order valence-electron chi connectivity index (χ3n) is 2.54. The summed E-state index contributed by atoms with van der Waals surface area (Å²) in [5.74, 6) is 1.37. The highest BCUT2D eigenvalue weighted by Crippen LogP contribution is 2.12. The van der Waals surface area contributed by atoms with Crippen LogP contribution < -0.4 is 0 Å². The number of H-pyrrole nitrogens is 1. The summed E-state index contributed by atoms with van der Waals surface area (Å²) in [6, 6.07) is 0. The molecule has 3 heteroatoms. The number of aromatic nitrogens is 2. The molecule has 2 nitrogen and oxygen atoms in total. The predicted molar refractivity (Wildman–Crippen MR) is 58.4 cm³/mol. The van der Waals surface area contributed by atoms with E-state index in [0.717, 1.165) is 17.0 Å². The first-order valence-corrected chi connectivity index (χ1v) is 5.17. The van der Waals surface area contributed by atoms with Crippen molar-refractivity contribution in [2.45, 2.75) is 34.2 Å². The molecule has 1 N–H and O–H groups in total. The molecule has 0 aromatic carbocycles. The molecule has 1 aromatic rings. The number of hydrogen-bond donors (Lipinski definition) is 1. The first-order valence-electron chi connectivity index (χ1n) is 4.76. The summed E-state index contributed by atoms with van der Waals surface area (Å²) in [5.41, 5.74) is 1.14. The van der Waals surface area contributed by atoms with E-state index < -0.39 is 0 Å². The summed E-state index contributed by atoms with van der Waals surface area (Å²) in [4.78, 5) is 3.13. The van der Waals surface area contributed by atoms with Gasteiger partial charge in [0.05, 0.1) is 0 Å². The van der Waals surface area contributed by atoms with Gasteiger partial charge >= 0.3 is 0 Å². The van der Waals surface area contributed by atoms with Gasteiger partial charge in [-0.05, 0) is 31.0 Å². The molecule has 1 rings (SSSR count). The number of nitrogens with one attached hydrogen (secondary N) is 1. The van der Waals surface area contributed by atoms with Crippen LogP contribution in [0, 0.1) is 23.5 Å². The fraction of sp³-hybridized carbons (Fsp3) is 0.700. The van der Waals surface area contributed by atoms with Gasteiger partial charge in [-0.15, -0.1) is 0 Å². The van der Waals surface area contributed by atoms with Gasteiger partial charge in [-0.25, -0.2) is 0 Å². The Balaban J connectivity index is 2.74. The van der Waals surface area contributed by atoms with E-state index in [-0.39, 0.29) is 0 Å². The Bertz CT molecular complexity index is 322. The van der Waals surface area contributed by atoms with Crippen molar-refractivity contribution in [2.24, 2.45) is 11.8 Å². The van der Waals surface area contributed by atoms with Crippen molar-refractivity contribution in [3.63, 3.8) is 0 Å². The van der Waals surface area contributed by atoms with Crippen molar-refractivity contribution in [1.82, 2.24) is 9.55 Å². The fourth-order valence-electron chi connectivity index (χ4n) is 1.22. The van der Waals surface area contributed by atoms with Crippen molar-refractivity contribution < 1.29 is 0 Å². The van der Waals surface area contributed by atoms with Crippen molar-refractivity contribution >= 4 is 12.2 Å². The number of aryl methyl sites for hydroxylation is 1. The average molecular weight is 198 g/mol. The topological polar surface area (TPSA) is 20.7 Å². The predicted octanol–water partition coefficient (Wildman–Crippen LogP) is 3.15. The van der Waals surface area contributed by atoms with E-state index >= 15 is 0 Å². The van der Waals surface area contributed by atoms with E-state index in [1.165, 1.54) is 0 Å². The van der Waals surface area contributed by atoms with Gasteiger partial charge in [-0.2, -0.15) is 0 Å². The van der Waals surface area contributed by atoms with Crippen LogP contribution in [0.15, 0.2) is 6.20 Å². The standard InChI is InChI=1S/C10H18N2S/c1-7(2)8(3)5-12-6-9(4)11-10(12)13/h6-8H,5H2,1-4H3,(H,11,13). The third kappa shape index (κ3) is 2.69. The largest absolute Gasteiger partial charge is 0.335 e. The molecule has 1 aromatic heterocycles. The second-order valence-corrected chi connectivity index (χ2v) is 4.50. The maximum atomic E-state index is 5.19. The number of aromatic amines is 1. The molecule has 74 valence electrons. The van der Waals surface area contributed by atoms with Crippen LogP contribution in [-0.2, 0) is 6.54 Å². The van der Waals surface area contributed by atoms with E-state index in [2.05, 4.69) is 36.5 Å². The van der Waals surface area contributed by atoms with Crippen molar-refractivity contribution in [3.8, 4) is 0 Å². The molecular formula is C10H18N2S. The number of hydrogen-bond acceptors (Lipinski definition) is 1. The summed E-state index contributed by atoms with van der Waals surface area (Å²) in [7, 11) is 0. The van der Waals surface area contributed by atoms with Crippen LogP contribution in [0.2, 0.25) is 0 Å². The van der Waals surface area contributed by atoms with Crippen LogP contribution in [0.3, 0.4) is 0 Å². The molecule has 0 aliphatic rings. The van der Waals surface area contributed by atoms with Gasteiger partial charge in [-0.1, -0.05) is 20.8 Å². The lowest BCUT2D eigenvalue weighted by Gasteiger charge is -2.15. The third-order valence-corrected chi connectivity index (χ3v) is 2.87. The zero-order valence-corrected chi connectivity index (χ0v) is 9.61. The number of rotatable bonds is 3. The van der Waals surface area contributed by atoms with Gasteiger partial charge in [0, 0.05) is 18.4 Å². The van der Waals surface area contributed by atoms with Gasteiger partial charge in [0.2, 0.25) is 0 Å². The summed E-state index contributed by atoms with van der Waals surface area (Å²) in [6.07, 6.45) is 2.08. The minimum absolute atomic E-state index is 0.668. The molecule has 0 aliphatic heterocycles. The van der Waals surface area contributed by atoms with Crippen molar-refractivity contribution in [2.75, 3.05) is 0 Å². The summed E-state index contributed by atoms with van der Waals surface area (Å²) >= 11 is 5.19. The molecule has 0 amide bonds. The lowest BCUT2D eigenvalue weighted by molar-refractivity contribution is 0.363. The van der Waals surface area contributed by atoms with Gasteiger partial charge < -0.3 is 9.55 Å². The Hall–Kier alpha value is -0.570. The molecule has 13 heavy (non-hydrogen) atoms. The van der Waals surface area contributed by atoms with Gasteiger partial charge in [0.1, 0.15) is 0 Å². The first kappa shape index (κ1) is 10.5. The Morgan fingerprint density at radius 1 is 1.46 bits per heavy atom. The molecule has 0 spiro atoms. The Labute approximate surface area is 85.0 Å². The smallest absolute Gasteiger partial charge is 0.177 e. The zero-order chi connectivity index (χ0) is 10.0. The summed E-state index contributed by atoms with van der Waals surface area (Å²) < 4.78 is 2.96. The fourth-order valence-corrected chi connectivity index (χ4v) is 1.51. The van der Waals surface area contributed by atoms with E-state index in [9.17, 15) is 0 Å². The normalized spacial score (nSPS) is 13.6. The quantitative estimate of drug-likeness (QED) is 0.740. The van der Waals surface area contributed by atoms with E-state index in [1.807, 2.05) is 6.92 Å². The van der Waals surface area contributed by atoms with Gasteiger partial charge in [-0.3, -0.25) is 0 Å². The van der Waals surface area contributed by atoms with Crippen molar-refractivity contribution in [1.29, 1.82) is 0 Å². The summed E-state index contributed by atoms with van der Waals surface area (Å²) in [6.45, 7) is 9.80. The molecule has 1 atom stereocenters.